The van der Waals surface area contributed by atoms with Crippen molar-refractivity contribution in [2.24, 2.45) is 0 Å². The molecule has 3 N–H and O–H groups in total. The van der Waals surface area contributed by atoms with E-state index >= 15 is 0 Å². The van der Waals surface area contributed by atoms with E-state index in [1.807, 2.05) is 36.4 Å². The molecule has 3 rings (SSSR count). The minimum Gasteiger partial charge on any atom is -0.478 e. The fraction of sp³-hybridized carbons (Fsp3) is 0.150. The van der Waals surface area contributed by atoms with Crippen LogP contribution in [0.3, 0.4) is 0 Å². The second kappa shape index (κ2) is 7.64. The van der Waals surface area contributed by atoms with Crippen LogP contribution in [0.5, 0.6) is 0 Å². The van der Waals surface area contributed by atoms with Crippen molar-refractivity contribution in [2.45, 2.75) is 19.6 Å². The Morgan fingerprint density at radius 2 is 1.88 bits per heavy atom. The Labute approximate surface area is 155 Å². The van der Waals surface area contributed by atoms with Gasteiger partial charge in [0.05, 0.1) is 28.9 Å². The van der Waals surface area contributed by atoms with Gasteiger partial charge in [0.15, 0.2) is 0 Å². The predicted octanol–water partition coefficient (Wildman–Crippen LogP) is 4.96. The summed E-state index contributed by atoms with van der Waals surface area (Å²) in [7, 11) is 0. The Bertz CT molecular complexity index is 916. The minimum absolute atomic E-state index is 0.162. The maximum absolute atomic E-state index is 11.1. The van der Waals surface area contributed by atoms with Gasteiger partial charge in [0, 0.05) is 5.56 Å². The summed E-state index contributed by atoms with van der Waals surface area (Å²) >= 11 is 6.10. The number of hydrogen-bond acceptors (Lipinski definition) is 4. The first-order valence-corrected chi connectivity index (χ1v) is 8.45. The lowest BCUT2D eigenvalue weighted by Gasteiger charge is -2.08. The highest BCUT2D eigenvalue weighted by molar-refractivity contribution is 6.33. The van der Waals surface area contributed by atoms with Gasteiger partial charge in [-0.3, -0.25) is 0 Å². The normalized spacial score (nSPS) is 12.0. The Hall–Kier alpha value is -2.76. The van der Waals surface area contributed by atoms with Crippen molar-refractivity contribution in [3.63, 3.8) is 0 Å². The Kier molecular flexibility index (Phi) is 5.30. The molecule has 0 aliphatic heterocycles. The van der Waals surface area contributed by atoms with Gasteiger partial charge in [-0.25, -0.2) is 4.79 Å². The number of halogens is 1. The van der Waals surface area contributed by atoms with Gasteiger partial charge in [-0.05, 0) is 42.8 Å². The van der Waals surface area contributed by atoms with E-state index in [4.69, 9.17) is 21.1 Å². The molecule has 0 radical (unpaired) electrons. The number of anilines is 1. The third-order valence-corrected chi connectivity index (χ3v) is 4.34. The number of aliphatic hydroxyl groups excluding tert-OH is 1. The van der Waals surface area contributed by atoms with Crippen LogP contribution in [0, 0.1) is 0 Å². The van der Waals surface area contributed by atoms with Crippen molar-refractivity contribution in [3.8, 4) is 11.3 Å². The first-order valence-electron chi connectivity index (χ1n) is 8.08. The molecule has 3 aromatic rings. The monoisotopic (exact) mass is 371 g/mol. The standard InChI is InChI=1S/C20H18ClNO4/c1-12(23)13-2-4-14(5-3-13)19-9-7-16(26-19)11-22-18-10-15(20(24)25)6-8-17(18)21/h2-10,12,22-23H,11H2,1H3,(H,24,25). The molecule has 0 saturated carbocycles. The maximum atomic E-state index is 11.1. The number of aliphatic hydroxyl groups is 1. The molecule has 0 saturated heterocycles. The third-order valence-electron chi connectivity index (χ3n) is 4.01. The number of carbonyl (C=O) groups is 1. The molecule has 26 heavy (non-hydrogen) atoms. The average molecular weight is 372 g/mol. The molecule has 0 fully saturated rings. The Balaban J connectivity index is 1.71. The third kappa shape index (κ3) is 4.07. The molecular weight excluding hydrogens is 354 g/mol. The highest BCUT2D eigenvalue weighted by Gasteiger charge is 2.09. The van der Waals surface area contributed by atoms with Gasteiger partial charge in [0.1, 0.15) is 11.5 Å². The molecule has 1 aromatic heterocycles. The van der Waals surface area contributed by atoms with Crippen LogP contribution in [-0.4, -0.2) is 16.2 Å². The number of benzene rings is 2. The number of carboxylic acid groups (broad SMARTS) is 1. The van der Waals surface area contributed by atoms with Crippen LogP contribution in [0.1, 0.15) is 34.7 Å². The Morgan fingerprint density at radius 3 is 2.54 bits per heavy atom. The lowest BCUT2D eigenvalue weighted by molar-refractivity contribution is 0.0697. The molecule has 0 bridgehead atoms. The van der Waals surface area contributed by atoms with Gasteiger partial charge in [-0.2, -0.15) is 0 Å². The molecule has 6 heteroatoms. The van der Waals surface area contributed by atoms with Crippen LogP contribution in [-0.2, 0) is 6.54 Å². The molecule has 0 spiro atoms. The smallest absolute Gasteiger partial charge is 0.335 e. The molecule has 1 heterocycles. The van der Waals surface area contributed by atoms with Gasteiger partial charge in [0.25, 0.3) is 0 Å². The molecular formula is C20H18ClNO4. The van der Waals surface area contributed by atoms with Gasteiger partial charge in [-0.1, -0.05) is 35.9 Å². The van der Waals surface area contributed by atoms with E-state index in [1.54, 1.807) is 13.0 Å². The van der Waals surface area contributed by atoms with Crippen molar-refractivity contribution >= 4 is 23.3 Å². The average Bonchev–Trinajstić information content (AvgIpc) is 3.10. The summed E-state index contributed by atoms with van der Waals surface area (Å²) in [4.78, 5) is 11.1. The van der Waals surface area contributed by atoms with Gasteiger partial charge in [-0.15, -0.1) is 0 Å². The highest BCUT2D eigenvalue weighted by Crippen LogP contribution is 2.26. The van der Waals surface area contributed by atoms with Crippen LogP contribution < -0.4 is 5.32 Å². The van der Waals surface area contributed by atoms with E-state index in [0.29, 0.717) is 28.8 Å². The first-order chi connectivity index (χ1) is 12.4. The predicted molar refractivity (Wildman–Crippen MR) is 101 cm³/mol. The lowest BCUT2D eigenvalue weighted by atomic mass is 10.1. The second-order valence-corrected chi connectivity index (χ2v) is 6.32. The molecule has 134 valence electrons. The molecule has 0 aliphatic rings. The zero-order chi connectivity index (χ0) is 18.7. The van der Waals surface area contributed by atoms with Crippen LogP contribution in [0.15, 0.2) is 59.0 Å². The summed E-state index contributed by atoms with van der Waals surface area (Å²) in [5.41, 5.74) is 2.45. The number of aromatic carboxylic acids is 1. The molecule has 5 nitrogen and oxygen atoms in total. The highest BCUT2D eigenvalue weighted by atomic mass is 35.5. The van der Waals surface area contributed by atoms with E-state index in [0.717, 1.165) is 11.1 Å². The lowest BCUT2D eigenvalue weighted by Crippen LogP contribution is -2.02. The SMILES string of the molecule is CC(O)c1ccc(-c2ccc(CNc3cc(C(=O)O)ccc3Cl)o2)cc1. The summed E-state index contributed by atoms with van der Waals surface area (Å²) in [5.74, 6) is 0.395. The van der Waals surface area contributed by atoms with Crippen molar-refractivity contribution in [1.29, 1.82) is 0 Å². The van der Waals surface area contributed by atoms with E-state index in [9.17, 15) is 9.90 Å². The number of hydrogen-bond donors (Lipinski definition) is 3. The van der Waals surface area contributed by atoms with Crippen molar-refractivity contribution in [2.75, 3.05) is 5.32 Å². The van der Waals surface area contributed by atoms with E-state index in [-0.39, 0.29) is 5.56 Å². The first kappa shape index (κ1) is 18.0. The van der Waals surface area contributed by atoms with Gasteiger partial charge < -0.3 is 19.9 Å². The summed E-state index contributed by atoms with van der Waals surface area (Å²) in [6.07, 6.45) is -0.508. The molecule has 2 aromatic carbocycles. The minimum atomic E-state index is -1.01. The quantitative estimate of drug-likeness (QED) is 0.570. The number of carboxylic acids is 1. The number of furan rings is 1. The van der Waals surface area contributed by atoms with Gasteiger partial charge >= 0.3 is 5.97 Å². The largest absolute Gasteiger partial charge is 0.478 e. The van der Waals surface area contributed by atoms with Crippen molar-refractivity contribution < 1.29 is 19.4 Å². The van der Waals surface area contributed by atoms with Crippen LogP contribution in [0.25, 0.3) is 11.3 Å². The van der Waals surface area contributed by atoms with Gasteiger partial charge in [0.2, 0.25) is 0 Å². The molecule has 0 aliphatic carbocycles. The topological polar surface area (TPSA) is 82.7 Å². The number of rotatable bonds is 6. The molecule has 1 unspecified atom stereocenters. The summed E-state index contributed by atoms with van der Waals surface area (Å²) < 4.78 is 5.82. The molecule has 1 atom stereocenters. The van der Waals surface area contributed by atoms with Crippen molar-refractivity contribution in [1.82, 2.24) is 0 Å². The fourth-order valence-corrected chi connectivity index (χ4v) is 2.71. The summed E-state index contributed by atoms with van der Waals surface area (Å²) in [6, 6.07) is 15.7. The fourth-order valence-electron chi connectivity index (χ4n) is 2.53. The van der Waals surface area contributed by atoms with Crippen molar-refractivity contribution in [3.05, 3.63) is 76.5 Å². The molecule has 0 amide bonds. The maximum Gasteiger partial charge on any atom is 0.335 e. The summed E-state index contributed by atoms with van der Waals surface area (Å²) in [5, 5.41) is 22.2. The van der Waals surface area contributed by atoms with E-state index in [2.05, 4.69) is 5.32 Å². The Morgan fingerprint density at radius 1 is 1.15 bits per heavy atom. The van der Waals surface area contributed by atoms with Crippen LogP contribution in [0.2, 0.25) is 5.02 Å². The van der Waals surface area contributed by atoms with Crippen LogP contribution >= 0.6 is 11.6 Å². The zero-order valence-electron chi connectivity index (χ0n) is 14.1. The zero-order valence-corrected chi connectivity index (χ0v) is 14.8. The summed E-state index contributed by atoms with van der Waals surface area (Å²) in [6.45, 7) is 2.09. The number of nitrogens with one attached hydrogen (secondary N) is 1. The van der Waals surface area contributed by atoms with E-state index < -0.39 is 12.1 Å². The van der Waals surface area contributed by atoms with E-state index in [1.165, 1.54) is 12.1 Å². The second-order valence-electron chi connectivity index (χ2n) is 5.92. The van der Waals surface area contributed by atoms with Crippen LogP contribution in [0.4, 0.5) is 5.69 Å².